The predicted octanol–water partition coefficient (Wildman–Crippen LogP) is 2.25. The number of unbranched alkanes of at least 4 members (excludes halogenated alkanes) is 1. The first-order valence-corrected chi connectivity index (χ1v) is 5.33. The van der Waals surface area contributed by atoms with Crippen LogP contribution in [0, 0.1) is 6.92 Å². The number of esters is 1. The molecule has 0 aliphatic carbocycles. The number of ether oxygens (including phenoxy) is 1. The Morgan fingerprint density at radius 2 is 2.13 bits per heavy atom. The number of rotatable bonds is 8. The standard InChI is InChI=1S/C12H21O3/c1-4-8-12(3,9-6-7-10-13)15-11(14)5-2/h5,13H,1-2,4,6-10H2,3H3. The minimum atomic E-state index is -0.470. The van der Waals surface area contributed by atoms with E-state index in [1.807, 2.05) is 6.92 Å². The molecule has 0 fully saturated rings. The van der Waals surface area contributed by atoms with E-state index in [2.05, 4.69) is 13.5 Å². The lowest BCUT2D eigenvalue weighted by Gasteiger charge is -2.28. The maximum absolute atomic E-state index is 11.1. The van der Waals surface area contributed by atoms with Crippen molar-refractivity contribution in [3.63, 3.8) is 0 Å². The molecule has 3 nitrogen and oxygen atoms in total. The molecule has 1 atom stereocenters. The summed E-state index contributed by atoms with van der Waals surface area (Å²) in [6, 6.07) is 0. The summed E-state index contributed by atoms with van der Waals surface area (Å²) in [5.74, 6) is -0.394. The molecule has 0 saturated carbocycles. The Balaban J connectivity index is 4.17. The Labute approximate surface area is 92.1 Å². The molecule has 0 aromatic rings. The molecule has 0 saturated heterocycles. The molecule has 0 spiro atoms. The van der Waals surface area contributed by atoms with Crippen molar-refractivity contribution in [2.45, 2.75) is 44.6 Å². The van der Waals surface area contributed by atoms with Crippen LogP contribution in [-0.4, -0.2) is 23.3 Å². The Kier molecular flexibility index (Phi) is 7.05. The van der Waals surface area contributed by atoms with Gasteiger partial charge in [-0.15, -0.1) is 0 Å². The van der Waals surface area contributed by atoms with Crippen molar-refractivity contribution in [3.8, 4) is 0 Å². The quantitative estimate of drug-likeness (QED) is 0.382. The first-order chi connectivity index (χ1) is 7.08. The SMILES string of the molecule is [CH2]CCC(C)(CCCCO)OC(=O)C=C. The summed E-state index contributed by atoms with van der Waals surface area (Å²) in [7, 11) is 0. The van der Waals surface area contributed by atoms with Gasteiger partial charge in [-0.1, -0.05) is 13.5 Å². The second kappa shape index (κ2) is 7.46. The van der Waals surface area contributed by atoms with E-state index in [9.17, 15) is 4.79 Å². The summed E-state index contributed by atoms with van der Waals surface area (Å²) in [6.07, 6.45) is 4.96. The summed E-state index contributed by atoms with van der Waals surface area (Å²) in [6.45, 7) is 9.21. The molecule has 3 heteroatoms. The largest absolute Gasteiger partial charge is 0.456 e. The average molecular weight is 213 g/mol. The monoisotopic (exact) mass is 213 g/mol. The normalized spacial score (nSPS) is 14.3. The molecule has 87 valence electrons. The van der Waals surface area contributed by atoms with Crippen molar-refractivity contribution in [2.75, 3.05) is 6.61 Å². The van der Waals surface area contributed by atoms with Crippen LogP contribution in [0.1, 0.15) is 39.0 Å². The summed E-state index contributed by atoms with van der Waals surface area (Å²) >= 11 is 0. The van der Waals surface area contributed by atoms with Gasteiger partial charge in [0.25, 0.3) is 0 Å². The zero-order chi connectivity index (χ0) is 11.7. The molecular weight excluding hydrogens is 192 g/mol. The molecule has 0 aromatic heterocycles. The van der Waals surface area contributed by atoms with Crippen molar-refractivity contribution in [3.05, 3.63) is 19.6 Å². The molecule has 15 heavy (non-hydrogen) atoms. The van der Waals surface area contributed by atoms with Crippen molar-refractivity contribution in [1.29, 1.82) is 0 Å². The van der Waals surface area contributed by atoms with Crippen molar-refractivity contribution in [1.82, 2.24) is 0 Å². The molecule has 0 bridgehead atoms. The lowest BCUT2D eigenvalue weighted by molar-refractivity contribution is -0.153. The van der Waals surface area contributed by atoms with Crippen LogP contribution in [0.2, 0.25) is 0 Å². The highest BCUT2D eigenvalue weighted by molar-refractivity contribution is 5.81. The van der Waals surface area contributed by atoms with E-state index in [4.69, 9.17) is 9.84 Å². The van der Waals surface area contributed by atoms with E-state index < -0.39 is 11.6 Å². The number of aliphatic hydroxyl groups is 1. The Morgan fingerprint density at radius 1 is 1.47 bits per heavy atom. The molecular formula is C12H21O3. The summed E-state index contributed by atoms with van der Waals surface area (Å²) in [5, 5.41) is 8.68. The van der Waals surface area contributed by atoms with Crippen LogP contribution in [-0.2, 0) is 9.53 Å². The van der Waals surface area contributed by atoms with Gasteiger partial charge in [0, 0.05) is 12.7 Å². The van der Waals surface area contributed by atoms with Crippen LogP contribution in [0.25, 0.3) is 0 Å². The van der Waals surface area contributed by atoms with E-state index in [0.29, 0.717) is 0 Å². The topological polar surface area (TPSA) is 46.5 Å². The van der Waals surface area contributed by atoms with E-state index >= 15 is 0 Å². The summed E-state index contributed by atoms with van der Waals surface area (Å²) in [5.41, 5.74) is -0.470. The summed E-state index contributed by atoms with van der Waals surface area (Å²) in [4.78, 5) is 11.1. The minimum absolute atomic E-state index is 0.176. The predicted molar refractivity (Wildman–Crippen MR) is 60.2 cm³/mol. The molecule has 1 radical (unpaired) electrons. The lowest BCUT2D eigenvalue weighted by Crippen LogP contribution is -2.31. The smallest absolute Gasteiger partial charge is 0.330 e. The van der Waals surface area contributed by atoms with Crippen LogP contribution in [0.5, 0.6) is 0 Å². The second-order valence-electron chi connectivity index (χ2n) is 3.86. The zero-order valence-electron chi connectivity index (χ0n) is 9.50. The fraction of sp³-hybridized carbons (Fsp3) is 0.667. The molecule has 1 unspecified atom stereocenters. The summed E-state index contributed by atoms with van der Waals surface area (Å²) < 4.78 is 5.30. The van der Waals surface area contributed by atoms with Crippen molar-refractivity contribution in [2.24, 2.45) is 0 Å². The van der Waals surface area contributed by atoms with Crippen molar-refractivity contribution >= 4 is 5.97 Å². The number of carbonyl (C=O) groups excluding carboxylic acids is 1. The highest BCUT2D eigenvalue weighted by Gasteiger charge is 2.26. The van der Waals surface area contributed by atoms with Gasteiger partial charge >= 0.3 is 5.97 Å². The molecule has 0 amide bonds. The first-order valence-electron chi connectivity index (χ1n) is 5.33. The molecule has 1 N–H and O–H groups in total. The van der Waals surface area contributed by atoms with E-state index in [-0.39, 0.29) is 6.61 Å². The number of carbonyl (C=O) groups is 1. The van der Waals surface area contributed by atoms with Gasteiger partial charge in [-0.05, 0) is 39.0 Å². The van der Waals surface area contributed by atoms with Crippen LogP contribution in [0.4, 0.5) is 0 Å². The van der Waals surface area contributed by atoms with Gasteiger partial charge in [0.05, 0.1) is 0 Å². The van der Waals surface area contributed by atoms with E-state index in [0.717, 1.165) is 32.1 Å². The van der Waals surface area contributed by atoms with Gasteiger partial charge in [-0.3, -0.25) is 0 Å². The number of hydrogen-bond acceptors (Lipinski definition) is 3. The Hall–Kier alpha value is -0.830. The molecule has 0 heterocycles. The minimum Gasteiger partial charge on any atom is -0.456 e. The first kappa shape index (κ1) is 14.2. The Morgan fingerprint density at radius 3 is 2.60 bits per heavy atom. The third kappa shape index (κ3) is 6.28. The maximum atomic E-state index is 11.1. The van der Waals surface area contributed by atoms with E-state index in [1.54, 1.807) is 0 Å². The fourth-order valence-corrected chi connectivity index (χ4v) is 1.50. The average Bonchev–Trinajstić information content (AvgIpc) is 2.18. The van der Waals surface area contributed by atoms with E-state index in [1.165, 1.54) is 6.08 Å². The number of aliphatic hydroxyl groups excluding tert-OH is 1. The third-order valence-corrected chi connectivity index (χ3v) is 2.33. The third-order valence-electron chi connectivity index (χ3n) is 2.33. The molecule has 0 aliphatic rings. The highest BCUT2D eigenvalue weighted by Crippen LogP contribution is 2.24. The van der Waals surface area contributed by atoms with Crippen LogP contribution >= 0.6 is 0 Å². The molecule has 0 rings (SSSR count). The van der Waals surface area contributed by atoms with Gasteiger partial charge < -0.3 is 9.84 Å². The van der Waals surface area contributed by atoms with Gasteiger partial charge in [-0.25, -0.2) is 4.79 Å². The van der Waals surface area contributed by atoms with Crippen LogP contribution < -0.4 is 0 Å². The van der Waals surface area contributed by atoms with Gasteiger partial charge in [0.1, 0.15) is 5.60 Å². The highest BCUT2D eigenvalue weighted by atomic mass is 16.6. The van der Waals surface area contributed by atoms with Crippen LogP contribution in [0.3, 0.4) is 0 Å². The molecule has 0 aliphatic heterocycles. The van der Waals surface area contributed by atoms with Gasteiger partial charge in [0.15, 0.2) is 0 Å². The Bertz CT molecular complexity index is 201. The molecule has 0 aromatic carbocycles. The second-order valence-corrected chi connectivity index (χ2v) is 3.86. The van der Waals surface area contributed by atoms with Crippen molar-refractivity contribution < 1.29 is 14.6 Å². The van der Waals surface area contributed by atoms with Gasteiger partial charge in [0.2, 0.25) is 0 Å². The lowest BCUT2D eigenvalue weighted by atomic mass is 9.93. The fourth-order valence-electron chi connectivity index (χ4n) is 1.50. The number of hydrogen-bond donors (Lipinski definition) is 1. The zero-order valence-corrected chi connectivity index (χ0v) is 9.50. The van der Waals surface area contributed by atoms with Gasteiger partial charge in [-0.2, -0.15) is 0 Å². The van der Waals surface area contributed by atoms with Crippen LogP contribution in [0.15, 0.2) is 12.7 Å². The maximum Gasteiger partial charge on any atom is 0.330 e.